The summed E-state index contributed by atoms with van der Waals surface area (Å²) in [6, 6.07) is 0. The third kappa shape index (κ3) is 11.5. The van der Waals surface area contributed by atoms with Gasteiger partial charge in [0, 0.05) is 32.2 Å². The number of nitrogens with one attached hydrogen (secondary N) is 4. The van der Waals surface area contributed by atoms with Crippen molar-refractivity contribution in [3.05, 3.63) is 0 Å². The van der Waals surface area contributed by atoms with Crippen LogP contribution in [0.15, 0.2) is 0 Å². The fraction of sp³-hybridized carbons (Fsp3) is 0.636. The molecule has 0 rings (SSSR count). The topological polar surface area (TPSA) is 126 Å². The lowest BCUT2D eigenvalue weighted by Gasteiger charge is -2.07. The molecule has 10 heteroatoms. The van der Waals surface area contributed by atoms with Crippen LogP contribution in [0.4, 0.5) is 4.79 Å². The molecule has 4 amide bonds. The molecule has 4 N–H and O–H groups in total. The third-order valence-electron chi connectivity index (χ3n) is 2.26. The van der Waals surface area contributed by atoms with Crippen molar-refractivity contribution in [3.8, 4) is 0 Å². The van der Waals surface area contributed by atoms with E-state index in [-0.39, 0.29) is 24.7 Å². The Morgan fingerprint density at radius 2 is 1.24 bits per heavy atom. The number of hydrogen-bond donors (Lipinski definition) is 5. The highest BCUT2D eigenvalue weighted by Crippen LogP contribution is 1.99. The van der Waals surface area contributed by atoms with Crippen molar-refractivity contribution in [1.82, 2.24) is 21.7 Å². The Labute approximate surface area is 128 Å². The highest BCUT2D eigenvalue weighted by Gasteiger charge is 2.06. The van der Waals surface area contributed by atoms with Crippen LogP contribution in [-0.4, -0.2) is 23.8 Å². The van der Waals surface area contributed by atoms with Gasteiger partial charge in [0.15, 0.2) is 0 Å². The zero-order valence-corrected chi connectivity index (χ0v) is 12.6. The molecule has 0 spiro atoms. The summed E-state index contributed by atoms with van der Waals surface area (Å²) in [4.78, 5) is 44.3. The zero-order chi connectivity index (χ0) is 16.1. The van der Waals surface area contributed by atoms with Crippen LogP contribution in [0.25, 0.3) is 0 Å². The van der Waals surface area contributed by atoms with Crippen molar-refractivity contribution in [3.63, 3.8) is 0 Å². The van der Waals surface area contributed by atoms with Crippen LogP contribution in [-0.2, 0) is 18.6 Å². The van der Waals surface area contributed by atoms with Gasteiger partial charge in [-0.15, -0.1) is 0 Å². The first-order valence-electron chi connectivity index (χ1n) is 6.47. The van der Waals surface area contributed by atoms with Crippen LogP contribution < -0.4 is 21.7 Å². The van der Waals surface area contributed by atoms with E-state index in [0.717, 1.165) is 0 Å². The largest absolute Gasteiger partial charge is 0.437 e. The Morgan fingerprint density at radius 3 is 1.67 bits per heavy atom. The lowest BCUT2D eigenvalue weighted by Crippen LogP contribution is -2.41. The molecule has 0 aromatic heterocycles. The maximum absolute atomic E-state index is 11.3. The van der Waals surface area contributed by atoms with E-state index in [1.807, 2.05) is 12.3 Å². The predicted molar refractivity (Wildman–Crippen MR) is 76.4 cm³/mol. The lowest BCUT2D eigenvalue weighted by molar-refractivity contribution is -0.129. The molecule has 0 heterocycles. The molecule has 0 unspecified atom stereocenters. The fourth-order valence-electron chi connectivity index (χ4n) is 1.27. The number of hydrazine groups is 2. The van der Waals surface area contributed by atoms with E-state index >= 15 is 0 Å². The molecule has 0 aliphatic carbocycles. The number of rotatable bonds is 7. The summed E-state index contributed by atoms with van der Waals surface area (Å²) in [6.45, 7) is 1.86. The molecule has 21 heavy (non-hydrogen) atoms. The Hall–Kier alpha value is -1.97. The van der Waals surface area contributed by atoms with E-state index < -0.39 is 12.0 Å². The van der Waals surface area contributed by atoms with Crippen LogP contribution in [0.5, 0.6) is 0 Å². The van der Waals surface area contributed by atoms with E-state index in [0.29, 0.717) is 25.7 Å². The molecule has 120 valence electrons. The van der Waals surface area contributed by atoms with Gasteiger partial charge in [-0.1, -0.05) is 6.92 Å². The van der Waals surface area contributed by atoms with Crippen LogP contribution in [0.1, 0.15) is 45.4 Å². The fourth-order valence-corrected chi connectivity index (χ4v) is 1.31. The van der Waals surface area contributed by atoms with Crippen LogP contribution in [0.2, 0.25) is 0 Å². The van der Waals surface area contributed by atoms with Gasteiger partial charge in [0.2, 0.25) is 17.7 Å². The third-order valence-corrected chi connectivity index (χ3v) is 2.43. The second-order valence-electron chi connectivity index (χ2n) is 4.11. The van der Waals surface area contributed by atoms with Gasteiger partial charge in [0.05, 0.1) is 0 Å². The molecule has 0 atom stereocenters. The van der Waals surface area contributed by atoms with E-state index in [1.165, 1.54) is 0 Å². The van der Waals surface area contributed by atoms with E-state index in [1.54, 1.807) is 0 Å². The average molecular weight is 320 g/mol. The van der Waals surface area contributed by atoms with Crippen molar-refractivity contribution in [2.75, 3.05) is 0 Å². The van der Waals surface area contributed by atoms with Gasteiger partial charge in [-0.05, 0) is 19.3 Å². The predicted octanol–water partition coefficient (Wildman–Crippen LogP) is 0.0965. The first-order chi connectivity index (χ1) is 9.99. The molecule has 0 aliphatic heterocycles. The Balaban J connectivity index is 3.57. The highest BCUT2D eigenvalue weighted by molar-refractivity contribution is 7.75. The SMILES string of the molecule is CCCC(=O)NNC(=O)CCCCC(=O)NNC(=O)OS. The van der Waals surface area contributed by atoms with E-state index in [9.17, 15) is 19.2 Å². The van der Waals surface area contributed by atoms with Crippen LogP contribution in [0.3, 0.4) is 0 Å². The number of hydrogen-bond acceptors (Lipinski definition) is 6. The quantitative estimate of drug-likeness (QED) is 0.197. The molecule has 0 saturated heterocycles. The first-order valence-corrected chi connectivity index (χ1v) is 6.84. The summed E-state index contributed by atoms with van der Waals surface area (Å²) < 4.78 is 3.96. The number of carbonyl (C=O) groups is 4. The number of amides is 4. The zero-order valence-electron chi connectivity index (χ0n) is 11.7. The molecule has 0 bridgehead atoms. The van der Waals surface area contributed by atoms with Crippen molar-refractivity contribution in [1.29, 1.82) is 0 Å². The standard InChI is InChI=1S/C11H20N4O5S/c1-2-5-8(16)12-13-9(17)6-3-4-7-10(18)14-15-11(19)20-21/h21H,2-7H2,1H3,(H,12,16)(H,13,17)(H,14,18)(H,15,19). The molecule has 0 aliphatic rings. The van der Waals surface area contributed by atoms with Crippen LogP contribution >= 0.6 is 12.9 Å². The van der Waals surface area contributed by atoms with Gasteiger partial charge in [-0.25, -0.2) is 10.2 Å². The van der Waals surface area contributed by atoms with Crippen molar-refractivity contribution in [2.45, 2.75) is 45.4 Å². The maximum atomic E-state index is 11.3. The maximum Gasteiger partial charge on any atom is 0.437 e. The lowest BCUT2D eigenvalue weighted by atomic mass is 10.2. The molecule has 0 aromatic carbocycles. The number of carbonyl (C=O) groups excluding carboxylic acids is 4. The molecular formula is C11H20N4O5S. The van der Waals surface area contributed by atoms with Crippen LogP contribution in [0, 0.1) is 0 Å². The summed E-state index contributed by atoms with van der Waals surface area (Å²) in [7, 11) is 0. The number of unbranched alkanes of at least 4 members (excludes halogenated alkanes) is 1. The monoisotopic (exact) mass is 320 g/mol. The summed E-state index contributed by atoms with van der Waals surface area (Å²) in [5, 5.41) is 0. The summed E-state index contributed by atoms with van der Waals surface area (Å²) in [6.07, 6.45) is 1.41. The molecule has 0 radical (unpaired) electrons. The average Bonchev–Trinajstić information content (AvgIpc) is 2.47. The molecule has 0 aromatic rings. The van der Waals surface area contributed by atoms with Gasteiger partial charge in [-0.3, -0.25) is 30.7 Å². The molecule has 0 fully saturated rings. The normalized spacial score (nSPS) is 9.43. The molecule has 9 nitrogen and oxygen atoms in total. The van der Waals surface area contributed by atoms with Crippen molar-refractivity contribution in [2.24, 2.45) is 0 Å². The summed E-state index contributed by atoms with van der Waals surface area (Å²) >= 11 is 3.24. The number of thiol groups is 1. The summed E-state index contributed by atoms with van der Waals surface area (Å²) in [5.41, 5.74) is 8.64. The van der Waals surface area contributed by atoms with Crippen molar-refractivity contribution >= 4 is 36.7 Å². The molecule has 0 saturated carbocycles. The van der Waals surface area contributed by atoms with Gasteiger partial charge >= 0.3 is 6.09 Å². The first kappa shape index (κ1) is 19.0. The van der Waals surface area contributed by atoms with E-state index in [4.69, 9.17) is 0 Å². The second-order valence-corrected chi connectivity index (χ2v) is 4.29. The van der Waals surface area contributed by atoms with E-state index in [2.05, 4.69) is 33.4 Å². The second kappa shape index (κ2) is 11.8. The van der Waals surface area contributed by atoms with Gasteiger partial charge in [-0.2, -0.15) is 0 Å². The minimum absolute atomic E-state index is 0.141. The van der Waals surface area contributed by atoms with Gasteiger partial charge < -0.3 is 4.18 Å². The Morgan fingerprint density at radius 1 is 0.810 bits per heavy atom. The minimum Gasteiger partial charge on any atom is -0.377 e. The van der Waals surface area contributed by atoms with Gasteiger partial charge in [0.1, 0.15) is 0 Å². The highest BCUT2D eigenvalue weighted by atomic mass is 32.1. The van der Waals surface area contributed by atoms with Gasteiger partial charge in [0.25, 0.3) is 0 Å². The Bertz CT molecular complexity index is 378. The molecular weight excluding hydrogens is 300 g/mol. The van der Waals surface area contributed by atoms with Crippen molar-refractivity contribution < 1.29 is 23.4 Å². The smallest absolute Gasteiger partial charge is 0.377 e. The summed E-state index contributed by atoms with van der Waals surface area (Å²) in [5.74, 6) is -0.977. The Kier molecular flexibility index (Phi) is 10.7. The minimum atomic E-state index is -0.895.